The van der Waals surface area contributed by atoms with Gasteiger partial charge in [0.05, 0.1) is 20.6 Å². The predicted molar refractivity (Wildman–Crippen MR) is 176 cm³/mol. The molecule has 0 aromatic heterocycles. The number of rotatable bonds is 13. The number of sulfonamides is 1. The van der Waals surface area contributed by atoms with Crippen LogP contribution in [-0.4, -0.2) is 43.8 Å². The molecule has 0 saturated heterocycles. The lowest BCUT2D eigenvalue weighted by Gasteiger charge is -2.34. The molecular weight excluding hydrogens is 617 g/mol. The van der Waals surface area contributed by atoms with Crippen LogP contribution in [0.2, 0.25) is 10.0 Å². The number of nitrogens with zero attached hydrogens (tertiary/aromatic N) is 2. The van der Waals surface area contributed by atoms with Gasteiger partial charge in [0, 0.05) is 19.0 Å². The number of nitrogens with one attached hydrogen (secondary N) is 1. The van der Waals surface area contributed by atoms with E-state index in [-0.39, 0.29) is 45.5 Å². The first-order chi connectivity index (χ1) is 21.1. The average Bonchev–Trinajstić information content (AvgIpc) is 3.04. The van der Waals surface area contributed by atoms with E-state index in [2.05, 4.69) is 5.32 Å². The van der Waals surface area contributed by atoms with Gasteiger partial charge in [-0.1, -0.05) is 115 Å². The van der Waals surface area contributed by atoms with Gasteiger partial charge in [-0.2, -0.15) is 0 Å². The van der Waals surface area contributed by atoms with Crippen LogP contribution in [0.4, 0.5) is 5.69 Å². The summed E-state index contributed by atoms with van der Waals surface area (Å²) in [6.07, 6.45) is 0.928. The van der Waals surface area contributed by atoms with Crippen molar-refractivity contribution in [3.05, 3.63) is 130 Å². The number of halogens is 2. The molecule has 4 rings (SSSR count). The van der Waals surface area contributed by atoms with Gasteiger partial charge in [0.15, 0.2) is 0 Å². The standard InChI is InChI=1S/C34H35Cl2N3O4S/c1-3-25(2)37-34(41)31(22-26-14-7-4-8-15-26)38(23-27-16-9-5-10-17-27)32(40)24-39(30-21-13-20-29(35)33(30)36)44(42,43)28-18-11-6-12-19-28/h4-21,25,31H,3,22-24H2,1-2H3,(H,37,41)/t25-,31+/m0/s1. The van der Waals surface area contributed by atoms with E-state index >= 15 is 0 Å². The van der Waals surface area contributed by atoms with Crippen molar-refractivity contribution in [3.8, 4) is 0 Å². The Kier molecular flexibility index (Phi) is 11.4. The molecule has 2 atom stereocenters. The van der Waals surface area contributed by atoms with Crippen molar-refractivity contribution in [3.63, 3.8) is 0 Å². The van der Waals surface area contributed by atoms with Crippen LogP contribution in [0.25, 0.3) is 0 Å². The quantitative estimate of drug-likeness (QED) is 0.173. The summed E-state index contributed by atoms with van der Waals surface area (Å²) >= 11 is 12.8. The molecule has 230 valence electrons. The van der Waals surface area contributed by atoms with Gasteiger partial charge >= 0.3 is 0 Å². The van der Waals surface area contributed by atoms with Crippen molar-refractivity contribution >= 4 is 50.7 Å². The van der Waals surface area contributed by atoms with E-state index in [4.69, 9.17) is 23.2 Å². The lowest BCUT2D eigenvalue weighted by Crippen LogP contribution is -2.54. The van der Waals surface area contributed by atoms with E-state index in [1.54, 1.807) is 30.3 Å². The number of benzene rings is 4. The number of hydrogen-bond donors (Lipinski definition) is 1. The second-order valence-corrected chi connectivity index (χ2v) is 13.1. The third kappa shape index (κ3) is 8.20. The largest absolute Gasteiger partial charge is 0.352 e. The molecule has 7 nitrogen and oxygen atoms in total. The minimum atomic E-state index is -4.28. The van der Waals surface area contributed by atoms with E-state index in [0.29, 0.717) is 6.42 Å². The monoisotopic (exact) mass is 651 g/mol. The van der Waals surface area contributed by atoms with Crippen molar-refractivity contribution < 1.29 is 18.0 Å². The Labute approximate surface area is 269 Å². The molecule has 0 fully saturated rings. The first-order valence-electron chi connectivity index (χ1n) is 14.3. The first kappa shape index (κ1) is 33.1. The maximum Gasteiger partial charge on any atom is 0.264 e. The molecule has 0 saturated carbocycles. The summed E-state index contributed by atoms with van der Waals surface area (Å²) in [6.45, 7) is 3.32. The first-order valence-corrected chi connectivity index (χ1v) is 16.5. The van der Waals surface area contributed by atoms with Crippen LogP contribution >= 0.6 is 23.2 Å². The molecule has 0 aliphatic heterocycles. The lowest BCUT2D eigenvalue weighted by molar-refractivity contribution is -0.140. The van der Waals surface area contributed by atoms with Gasteiger partial charge in [-0.3, -0.25) is 13.9 Å². The Balaban J connectivity index is 1.82. The van der Waals surface area contributed by atoms with Gasteiger partial charge in [-0.05, 0) is 48.7 Å². The van der Waals surface area contributed by atoms with Gasteiger partial charge in [0.25, 0.3) is 10.0 Å². The summed E-state index contributed by atoms with van der Waals surface area (Å²) in [4.78, 5) is 29.7. The molecule has 0 spiro atoms. The molecule has 4 aromatic carbocycles. The summed E-state index contributed by atoms with van der Waals surface area (Å²) in [5.41, 5.74) is 1.70. The molecule has 0 aliphatic rings. The maximum atomic E-state index is 14.5. The highest BCUT2D eigenvalue weighted by atomic mass is 35.5. The van der Waals surface area contributed by atoms with Crippen LogP contribution in [0.3, 0.4) is 0 Å². The number of carbonyl (C=O) groups is 2. The fourth-order valence-electron chi connectivity index (χ4n) is 4.69. The highest BCUT2D eigenvalue weighted by molar-refractivity contribution is 7.92. The number of amides is 2. The maximum absolute atomic E-state index is 14.5. The van der Waals surface area contributed by atoms with E-state index in [1.165, 1.54) is 23.1 Å². The van der Waals surface area contributed by atoms with Gasteiger partial charge in [-0.25, -0.2) is 8.42 Å². The van der Waals surface area contributed by atoms with Gasteiger partial charge in [-0.15, -0.1) is 0 Å². The number of carbonyl (C=O) groups excluding carboxylic acids is 2. The van der Waals surface area contributed by atoms with Crippen LogP contribution in [-0.2, 0) is 32.6 Å². The van der Waals surface area contributed by atoms with Gasteiger partial charge in [0.2, 0.25) is 11.8 Å². The molecule has 44 heavy (non-hydrogen) atoms. The summed E-state index contributed by atoms with van der Waals surface area (Å²) in [5.74, 6) is -0.907. The predicted octanol–water partition coefficient (Wildman–Crippen LogP) is 6.74. The van der Waals surface area contributed by atoms with E-state index in [1.807, 2.05) is 74.5 Å². The fraction of sp³-hybridized carbons (Fsp3) is 0.235. The van der Waals surface area contributed by atoms with E-state index in [0.717, 1.165) is 15.4 Å². The zero-order valence-corrected chi connectivity index (χ0v) is 26.9. The molecule has 10 heteroatoms. The molecule has 1 N–H and O–H groups in total. The lowest BCUT2D eigenvalue weighted by atomic mass is 10.0. The Morgan fingerprint density at radius 2 is 1.36 bits per heavy atom. The van der Waals surface area contributed by atoms with Crippen LogP contribution < -0.4 is 9.62 Å². The van der Waals surface area contributed by atoms with Crippen LogP contribution in [0.5, 0.6) is 0 Å². The highest BCUT2D eigenvalue weighted by Gasteiger charge is 2.35. The summed E-state index contributed by atoms with van der Waals surface area (Å²) in [7, 11) is -4.28. The second kappa shape index (κ2) is 15.2. The fourth-order valence-corrected chi connectivity index (χ4v) is 6.59. The molecule has 4 aromatic rings. The van der Waals surface area contributed by atoms with Crippen LogP contribution in [0.15, 0.2) is 114 Å². The third-order valence-electron chi connectivity index (χ3n) is 7.28. The molecule has 2 amide bonds. The Bertz CT molecular complexity index is 1660. The Morgan fingerprint density at radius 3 is 1.95 bits per heavy atom. The molecule has 0 heterocycles. The van der Waals surface area contributed by atoms with Crippen LogP contribution in [0, 0.1) is 0 Å². The molecule has 0 unspecified atom stereocenters. The zero-order chi connectivity index (χ0) is 31.7. The van der Waals surface area contributed by atoms with E-state index in [9.17, 15) is 18.0 Å². The second-order valence-electron chi connectivity index (χ2n) is 10.4. The third-order valence-corrected chi connectivity index (χ3v) is 9.86. The molecule has 0 radical (unpaired) electrons. The zero-order valence-electron chi connectivity index (χ0n) is 24.6. The molecular formula is C34H35Cl2N3O4S. The smallest absolute Gasteiger partial charge is 0.264 e. The Morgan fingerprint density at radius 1 is 0.795 bits per heavy atom. The summed E-state index contributed by atoms with van der Waals surface area (Å²) < 4.78 is 29.1. The molecule has 0 aliphatic carbocycles. The number of anilines is 1. The van der Waals surface area contributed by atoms with Crippen molar-refractivity contribution in [1.29, 1.82) is 0 Å². The van der Waals surface area contributed by atoms with Crippen LogP contribution in [0.1, 0.15) is 31.4 Å². The van der Waals surface area contributed by atoms with Crippen molar-refractivity contribution in [2.24, 2.45) is 0 Å². The van der Waals surface area contributed by atoms with Gasteiger partial charge in [0.1, 0.15) is 12.6 Å². The minimum absolute atomic E-state index is 0.00793. The average molecular weight is 653 g/mol. The minimum Gasteiger partial charge on any atom is -0.352 e. The van der Waals surface area contributed by atoms with E-state index < -0.39 is 28.5 Å². The Hall–Kier alpha value is -3.85. The van der Waals surface area contributed by atoms with Gasteiger partial charge < -0.3 is 10.2 Å². The number of hydrogen-bond acceptors (Lipinski definition) is 4. The van der Waals surface area contributed by atoms with Crippen molar-refractivity contribution in [2.75, 3.05) is 10.8 Å². The molecule has 0 bridgehead atoms. The summed E-state index contributed by atoms with van der Waals surface area (Å²) in [5, 5.41) is 3.16. The topological polar surface area (TPSA) is 86.8 Å². The summed E-state index contributed by atoms with van der Waals surface area (Å²) in [6, 6.07) is 30.0. The highest BCUT2D eigenvalue weighted by Crippen LogP contribution is 2.35. The normalized spacial score (nSPS) is 12.6. The van der Waals surface area contributed by atoms with Crippen molar-refractivity contribution in [1.82, 2.24) is 10.2 Å². The van der Waals surface area contributed by atoms with Crippen molar-refractivity contribution in [2.45, 2.75) is 50.2 Å². The SMILES string of the molecule is CC[C@H](C)NC(=O)[C@@H](Cc1ccccc1)N(Cc1ccccc1)C(=O)CN(c1cccc(Cl)c1Cl)S(=O)(=O)c1ccccc1.